The largest absolute Gasteiger partial charge is 0.497 e. The van der Waals surface area contributed by atoms with Gasteiger partial charge in [-0.25, -0.2) is 0 Å². The van der Waals surface area contributed by atoms with E-state index in [1.54, 1.807) is 37.9 Å². The Bertz CT molecular complexity index is 966. The maximum atomic E-state index is 12.0. The molecule has 1 aromatic heterocycles. The van der Waals surface area contributed by atoms with Crippen LogP contribution in [0.25, 0.3) is 11.4 Å². The van der Waals surface area contributed by atoms with Crippen LogP contribution in [0.4, 0.5) is 0 Å². The summed E-state index contributed by atoms with van der Waals surface area (Å²) < 4.78 is 7.45. The van der Waals surface area contributed by atoms with E-state index < -0.39 is 0 Å². The maximum absolute atomic E-state index is 12.0. The summed E-state index contributed by atoms with van der Waals surface area (Å²) in [4.78, 5) is 13.6. The number of nitrogens with zero attached hydrogens (tertiary/aromatic N) is 4. The van der Waals surface area contributed by atoms with Crippen LogP contribution in [0.2, 0.25) is 0 Å². The molecule has 0 aliphatic rings. The average molecular weight is 425 g/mol. The lowest BCUT2D eigenvalue weighted by Gasteiger charge is -2.11. The number of rotatable bonds is 9. The number of aromatic nitrogens is 3. The van der Waals surface area contributed by atoms with Gasteiger partial charge in [0.1, 0.15) is 5.75 Å². The Morgan fingerprint density at radius 1 is 1.07 bits per heavy atom. The predicted octanol–water partition coefficient (Wildman–Crippen LogP) is 4.75. The summed E-state index contributed by atoms with van der Waals surface area (Å²) in [5.74, 6) is 2.48. The number of hydrogen-bond acceptors (Lipinski definition) is 5. The Morgan fingerprint density at radius 2 is 1.77 bits per heavy atom. The van der Waals surface area contributed by atoms with Gasteiger partial charge in [-0.15, -0.1) is 10.2 Å². The van der Waals surface area contributed by atoms with Gasteiger partial charge in [-0.3, -0.25) is 4.79 Å². The van der Waals surface area contributed by atoms with Crippen LogP contribution in [0.3, 0.4) is 0 Å². The van der Waals surface area contributed by atoms with Crippen LogP contribution in [0.1, 0.15) is 35.7 Å². The Hall–Kier alpha value is -2.80. The highest BCUT2D eigenvalue weighted by atomic mass is 32.2. The third kappa shape index (κ3) is 5.21. The molecule has 0 aliphatic carbocycles. The predicted molar refractivity (Wildman–Crippen MR) is 121 cm³/mol. The summed E-state index contributed by atoms with van der Waals surface area (Å²) in [6.07, 6.45) is 2.17. The zero-order valence-corrected chi connectivity index (χ0v) is 18.8. The number of ether oxygens (including phenoxy) is 1. The van der Waals surface area contributed by atoms with Crippen molar-refractivity contribution in [2.45, 2.75) is 37.2 Å². The minimum atomic E-state index is 0.0117. The van der Waals surface area contributed by atoms with Gasteiger partial charge in [-0.2, -0.15) is 0 Å². The lowest BCUT2D eigenvalue weighted by atomic mass is 10.1. The molecule has 0 unspecified atom stereocenters. The van der Waals surface area contributed by atoms with Crippen LogP contribution in [-0.4, -0.2) is 46.8 Å². The van der Waals surface area contributed by atoms with Crippen LogP contribution in [0.15, 0.2) is 53.7 Å². The minimum Gasteiger partial charge on any atom is -0.497 e. The van der Waals surface area contributed by atoms with Crippen LogP contribution in [-0.2, 0) is 12.3 Å². The molecule has 1 amide bonds. The van der Waals surface area contributed by atoms with Crippen molar-refractivity contribution in [3.63, 3.8) is 0 Å². The Balaban J connectivity index is 1.76. The first-order valence-electron chi connectivity index (χ1n) is 10.0. The highest BCUT2D eigenvalue weighted by Crippen LogP contribution is 2.28. The smallest absolute Gasteiger partial charge is 0.253 e. The molecule has 0 bridgehead atoms. The van der Waals surface area contributed by atoms with Crippen molar-refractivity contribution in [2.24, 2.45) is 0 Å². The third-order valence-electron chi connectivity index (χ3n) is 4.78. The standard InChI is InChI=1S/C23H28N4O2S/c1-5-6-15-27-21(18-11-13-20(29-4)14-12-18)24-25-23(27)30-16-17-7-9-19(10-8-17)22(28)26(2)3/h7-14H,5-6,15-16H2,1-4H3. The number of thioether (sulfide) groups is 1. The number of methoxy groups -OCH3 is 1. The van der Waals surface area contributed by atoms with E-state index in [9.17, 15) is 4.79 Å². The molecule has 2 aromatic carbocycles. The zero-order valence-electron chi connectivity index (χ0n) is 18.0. The quantitative estimate of drug-likeness (QED) is 0.464. The van der Waals surface area contributed by atoms with Gasteiger partial charge >= 0.3 is 0 Å². The molecule has 0 N–H and O–H groups in total. The summed E-state index contributed by atoms with van der Waals surface area (Å²) >= 11 is 1.66. The van der Waals surface area contributed by atoms with Gasteiger partial charge in [0.15, 0.2) is 11.0 Å². The molecule has 0 fully saturated rings. The van der Waals surface area contributed by atoms with Crippen LogP contribution in [0, 0.1) is 0 Å². The molecular formula is C23H28N4O2S. The van der Waals surface area contributed by atoms with E-state index >= 15 is 0 Å². The lowest BCUT2D eigenvalue weighted by molar-refractivity contribution is 0.0827. The SMILES string of the molecule is CCCCn1c(SCc2ccc(C(=O)N(C)C)cc2)nnc1-c1ccc(OC)cc1. The second-order valence-electron chi connectivity index (χ2n) is 7.23. The average Bonchev–Trinajstić information content (AvgIpc) is 3.18. The van der Waals surface area contributed by atoms with E-state index in [0.29, 0.717) is 5.56 Å². The van der Waals surface area contributed by atoms with Crippen molar-refractivity contribution in [2.75, 3.05) is 21.2 Å². The molecule has 0 atom stereocenters. The van der Waals surface area contributed by atoms with Gasteiger partial charge in [0, 0.05) is 37.5 Å². The third-order valence-corrected chi connectivity index (χ3v) is 5.81. The van der Waals surface area contributed by atoms with Gasteiger partial charge in [0.05, 0.1) is 7.11 Å². The molecule has 0 saturated heterocycles. The summed E-state index contributed by atoms with van der Waals surface area (Å²) in [6, 6.07) is 15.7. The van der Waals surface area contributed by atoms with Crippen LogP contribution in [0.5, 0.6) is 5.75 Å². The first kappa shape index (κ1) is 21.9. The number of amides is 1. The summed E-state index contributed by atoms with van der Waals surface area (Å²) in [5, 5.41) is 9.83. The van der Waals surface area contributed by atoms with Crippen molar-refractivity contribution in [1.82, 2.24) is 19.7 Å². The molecule has 3 rings (SSSR count). The zero-order chi connectivity index (χ0) is 21.5. The van der Waals surface area contributed by atoms with Crippen LogP contribution >= 0.6 is 11.8 Å². The van der Waals surface area contributed by atoms with E-state index in [1.165, 1.54) is 0 Å². The Kier molecular flexibility index (Phi) is 7.52. The molecule has 0 saturated carbocycles. The second-order valence-corrected chi connectivity index (χ2v) is 8.17. The number of unbranched alkanes of at least 4 members (excludes halogenated alkanes) is 1. The second kappa shape index (κ2) is 10.3. The van der Waals surface area contributed by atoms with Gasteiger partial charge in [0.2, 0.25) is 0 Å². The van der Waals surface area contributed by atoms with Crippen molar-refractivity contribution in [3.8, 4) is 17.1 Å². The minimum absolute atomic E-state index is 0.0117. The van der Waals surface area contributed by atoms with Crippen molar-refractivity contribution in [1.29, 1.82) is 0 Å². The first-order valence-corrected chi connectivity index (χ1v) is 11.0. The number of carbonyl (C=O) groups excluding carboxylic acids is 1. The molecule has 7 heteroatoms. The molecule has 30 heavy (non-hydrogen) atoms. The molecule has 6 nitrogen and oxygen atoms in total. The Labute approximate surface area is 182 Å². The van der Waals surface area contributed by atoms with Crippen molar-refractivity contribution < 1.29 is 9.53 Å². The lowest BCUT2D eigenvalue weighted by Crippen LogP contribution is -2.21. The highest BCUT2D eigenvalue weighted by molar-refractivity contribution is 7.98. The number of hydrogen-bond donors (Lipinski definition) is 0. The van der Waals surface area contributed by atoms with E-state index in [4.69, 9.17) is 4.74 Å². The van der Waals surface area contributed by atoms with Gasteiger partial charge in [-0.1, -0.05) is 37.2 Å². The fourth-order valence-corrected chi connectivity index (χ4v) is 3.94. The monoisotopic (exact) mass is 424 g/mol. The molecule has 158 valence electrons. The summed E-state index contributed by atoms with van der Waals surface area (Å²) in [5.41, 5.74) is 2.87. The summed E-state index contributed by atoms with van der Waals surface area (Å²) in [7, 11) is 5.18. The molecule has 0 aliphatic heterocycles. The molecular weight excluding hydrogens is 396 g/mol. The molecule has 1 heterocycles. The maximum Gasteiger partial charge on any atom is 0.253 e. The molecule has 3 aromatic rings. The van der Waals surface area contributed by atoms with E-state index in [-0.39, 0.29) is 5.91 Å². The fourth-order valence-electron chi connectivity index (χ4n) is 3.02. The first-order chi connectivity index (χ1) is 14.5. The number of benzene rings is 2. The van der Waals surface area contributed by atoms with Gasteiger partial charge < -0.3 is 14.2 Å². The van der Waals surface area contributed by atoms with Crippen LogP contribution < -0.4 is 4.74 Å². The topological polar surface area (TPSA) is 60.2 Å². The van der Waals surface area contributed by atoms with Crippen molar-refractivity contribution >= 4 is 17.7 Å². The van der Waals surface area contributed by atoms with E-state index in [2.05, 4.69) is 21.7 Å². The van der Waals surface area contributed by atoms with E-state index in [0.717, 1.165) is 53.0 Å². The van der Waals surface area contributed by atoms with Gasteiger partial charge in [0.25, 0.3) is 5.91 Å². The normalized spacial score (nSPS) is 10.8. The Morgan fingerprint density at radius 3 is 2.37 bits per heavy atom. The summed E-state index contributed by atoms with van der Waals surface area (Å²) in [6.45, 7) is 3.06. The number of carbonyl (C=O) groups is 1. The van der Waals surface area contributed by atoms with Crippen molar-refractivity contribution in [3.05, 3.63) is 59.7 Å². The molecule has 0 radical (unpaired) electrons. The fraction of sp³-hybridized carbons (Fsp3) is 0.348. The highest BCUT2D eigenvalue weighted by Gasteiger charge is 2.15. The molecule has 0 spiro atoms. The van der Waals surface area contributed by atoms with Gasteiger partial charge in [-0.05, 0) is 48.4 Å². The van der Waals surface area contributed by atoms with E-state index in [1.807, 2.05) is 48.5 Å².